The summed E-state index contributed by atoms with van der Waals surface area (Å²) in [5.74, 6) is -0.0494. The van der Waals surface area contributed by atoms with E-state index in [1.54, 1.807) is 0 Å². The van der Waals surface area contributed by atoms with Crippen molar-refractivity contribution in [3.05, 3.63) is 0 Å². The van der Waals surface area contributed by atoms with Crippen molar-refractivity contribution in [1.82, 2.24) is 4.90 Å². The molecule has 3 N–H and O–H groups in total. The van der Waals surface area contributed by atoms with Gasteiger partial charge in [-0.2, -0.15) is 0 Å². The first kappa shape index (κ1) is 12.5. The van der Waals surface area contributed by atoms with Gasteiger partial charge in [0.2, 0.25) is 0 Å². The number of hydrogen-bond acceptors (Lipinski definition) is 3. The van der Waals surface area contributed by atoms with E-state index in [2.05, 4.69) is 11.8 Å². The molecular weight excluding hydrogens is 192 g/mol. The first-order valence-electron chi connectivity index (χ1n) is 5.78. The maximum atomic E-state index is 11.1. The molecule has 0 aromatic carbocycles. The van der Waals surface area contributed by atoms with Gasteiger partial charge in [-0.05, 0) is 31.7 Å². The van der Waals surface area contributed by atoms with Crippen LogP contribution in [0.4, 0.5) is 0 Å². The lowest BCUT2D eigenvalue weighted by Crippen LogP contribution is -2.53. The van der Waals surface area contributed by atoms with Crippen LogP contribution in [0.5, 0.6) is 0 Å². The van der Waals surface area contributed by atoms with E-state index < -0.39 is 5.97 Å². The van der Waals surface area contributed by atoms with Crippen LogP contribution in [0.1, 0.15) is 33.1 Å². The summed E-state index contributed by atoms with van der Waals surface area (Å²) in [6.45, 7) is 5.56. The van der Waals surface area contributed by atoms with Crippen molar-refractivity contribution in [1.29, 1.82) is 0 Å². The fourth-order valence-electron chi connectivity index (χ4n) is 2.46. The van der Waals surface area contributed by atoms with Gasteiger partial charge < -0.3 is 10.8 Å². The summed E-state index contributed by atoms with van der Waals surface area (Å²) in [5, 5.41) is 9.12. The molecule has 4 heteroatoms. The van der Waals surface area contributed by atoms with Gasteiger partial charge in [-0.3, -0.25) is 9.69 Å². The minimum Gasteiger partial charge on any atom is -0.480 e. The summed E-state index contributed by atoms with van der Waals surface area (Å²) >= 11 is 0. The number of piperidine rings is 1. The quantitative estimate of drug-likeness (QED) is 0.730. The molecule has 0 aromatic heterocycles. The Bertz CT molecular complexity index is 221. The van der Waals surface area contributed by atoms with Crippen molar-refractivity contribution >= 4 is 5.97 Å². The largest absolute Gasteiger partial charge is 0.480 e. The Labute approximate surface area is 91.4 Å². The third-order valence-electron chi connectivity index (χ3n) is 3.37. The van der Waals surface area contributed by atoms with Crippen LogP contribution < -0.4 is 5.73 Å². The van der Waals surface area contributed by atoms with Gasteiger partial charge >= 0.3 is 5.97 Å². The van der Waals surface area contributed by atoms with Crippen LogP contribution >= 0.6 is 0 Å². The molecule has 1 rings (SSSR count). The summed E-state index contributed by atoms with van der Waals surface area (Å²) in [6.07, 6.45) is 2.76. The van der Waals surface area contributed by atoms with E-state index in [4.69, 9.17) is 10.8 Å². The Hall–Kier alpha value is -0.610. The third kappa shape index (κ3) is 2.92. The molecule has 15 heavy (non-hydrogen) atoms. The lowest BCUT2D eigenvalue weighted by Gasteiger charge is -2.41. The Morgan fingerprint density at radius 1 is 1.67 bits per heavy atom. The van der Waals surface area contributed by atoms with Crippen LogP contribution in [0.2, 0.25) is 0 Å². The smallest absolute Gasteiger partial charge is 0.320 e. The zero-order valence-electron chi connectivity index (χ0n) is 9.65. The third-order valence-corrected chi connectivity index (χ3v) is 3.37. The van der Waals surface area contributed by atoms with Gasteiger partial charge in [-0.15, -0.1) is 0 Å². The fourth-order valence-corrected chi connectivity index (χ4v) is 2.46. The Kier molecular flexibility index (Phi) is 4.54. The number of aliphatic carboxylic acids is 1. The molecule has 3 unspecified atom stereocenters. The van der Waals surface area contributed by atoms with Crippen LogP contribution in [0, 0.1) is 5.92 Å². The van der Waals surface area contributed by atoms with E-state index in [0.717, 1.165) is 19.4 Å². The summed E-state index contributed by atoms with van der Waals surface area (Å²) in [7, 11) is 0. The van der Waals surface area contributed by atoms with Gasteiger partial charge in [0.1, 0.15) is 6.04 Å². The number of nitrogens with zero attached hydrogens (tertiary/aromatic N) is 1. The molecule has 4 nitrogen and oxygen atoms in total. The number of carboxylic acids is 1. The highest BCUT2D eigenvalue weighted by molar-refractivity contribution is 5.73. The molecule has 1 aliphatic rings. The van der Waals surface area contributed by atoms with E-state index in [-0.39, 0.29) is 12.1 Å². The highest BCUT2D eigenvalue weighted by Gasteiger charge is 2.33. The van der Waals surface area contributed by atoms with Crippen molar-refractivity contribution in [2.75, 3.05) is 13.1 Å². The molecule has 88 valence electrons. The molecule has 0 amide bonds. The van der Waals surface area contributed by atoms with Crippen molar-refractivity contribution < 1.29 is 9.90 Å². The number of nitrogens with two attached hydrogens (primary N) is 1. The summed E-state index contributed by atoms with van der Waals surface area (Å²) < 4.78 is 0. The lowest BCUT2D eigenvalue weighted by molar-refractivity contribution is -0.145. The molecule has 0 aromatic rings. The van der Waals surface area contributed by atoms with Gasteiger partial charge in [0.25, 0.3) is 0 Å². The van der Waals surface area contributed by atoms with E-state index >= 15 is 0 Å². The zero-order valence-corrected chi connectivity index (χ0v) is 9.65. The molecular formula is C11H22N2O2. The first-order valence-corrected chi connectivity index (χ1v) is 5.78. The number of hydrogen-bond donors (Lipinski definition) is 2. The molecule has 0 radical (unpaired) electrons. The molecule has 0 spiro atoms. The Balaban J connectivity index is 2.69. The number of carbonyl (C=O) groups is 1. The van der Waals surface area contributed by atoms with Crippen molar-refractivity contribution in [2.45, 2.75) is 45.2 Å². The molecule has 0 saturated carbocycles. The minimum atomic E-state index is -0.717. The van der Waals surface area contributed by atoms with Crippen LogP contribution in [-0.4, -0.2) is 41.1 Å². The van der Waals surface area contributed by atoms with Gasteiger partial charge in [0, 0.05) is 12.6 Å². The van der Waals surface area contributed by atoms with Gasteiger partial charge in [-0.25, -0.2) is 0 Å². The van der Waals surface area contributed by atoms with Crippen molar-refractivity contribution in [3.8, 4) is 0 Å². The van der Waals surface area contributed by atoms with E-state index in [1.807, 2.05) is 6.92 Å². The normalized spacial score (nSPS) is 30.1. The monoisotopic (exact) mass is 214 g/mol. The molecule has 3 atom stereocenters. The summed E-state index contributed by atoms with van der Waals surface area (Å²) in [5.41, 5.74) is 5.71. The molecule has 1 saturated heterocycles. The van der Waals surface area contributed by atoms with Crippen LogP contribution in [0.25, 0.3) is 0 Å². The standard InChI is InChI=1S/C11H22N2O2/c1-3-10(11(14)15)13-5-4-8(2)6-9(13)7-12/h8-10H,3-7,12H2,1-2H3,(H,14,15). The fraction of sp³-hybridized carbons (Fsp3) is 0.909. The molecule has 0 bridgehead atoms. The van der Waals surface area contributed by atoms with Gasteiger partial charge in [0.15, 0.2) is 0 Å². The maximum absolute atomic E-state index is 11.1. The highest BCUT2D eigenvalue weighted by Crippen LogP contribution is 2.24. The second kappa shape index (κ2) is 5.47. The topological polar surface area (TPSA) is 66.6 Å². The highest BCUT2D eigenvalue weighted by atomic mass is 16.4. The average Bonchev–Trinajstić information content (AvgIpc) is 2.20. The first-order chi connectivity index (χ1) is 7.10. The average molecular weight is 214 g/mol. The van der Waals surface area contributed by atoms with E-state index in [0.29, 0.717) is 18.9 Å². The van der Waals surface area contributed by atoms with Crippen molar-refractivity contribution in [2.24, 2.45) is 11.7 Å². The van der Waals surface area contributed by atoms with Gasteiger partial charge in [-0.1, -0.05) is 13.8 Å². The lowest BCUT2D eigenvalue weighted by atomic mass is 9.90. The second-order valence-corrected chi connectivity index (χ2v) is 4.52. The molecule has 1 fully saturated rings. The summed E-state index contributed by atoms with van der Waals surface area (Å²) in [4.78, 5) is 13.2. The Morgan fingerprint density at radius 3 is 2.80 bits per heavy atom. The molecule has 1 aliphatic heterocycles. The van der Waals surface area contributed by atoms with Crippen LogP contribution in [-0.2, 0) is 4.79 Å². The second-order valence-electron chi connectivity index (χ2n) is 4.52. The molecule has 0 aliphatic carbocycles. The van der Waals surface area contributed by atoms with E-state index in [9.17, 15) is 4.79 Å². The zero-order chi connectivity index (χ0) is 11.4. The minimum absolute atomic E-state index is 0.245. The van der Waals surface area contributed by atoms with Crippen molar-refractivity contribution in [3.63, 3.8) is 0 Å². The van der Waals surface area contributed by atoms with Crippen LogP contribution in [0.3, 0.4) is 0 Å². The number of carboxylic acid groups (broad SMARTS) is 1. The van der Waals surface area contributed by atoms with Crippen LogP contribution in [0.15, 0.2) is 0 Å². The predicted octanol–water partition coefficient (Wildman–Crippen LogP) is 0.909. The van der Waals surface area contributed by atoms with Gasteiger partial charge in [0.05, 0.1) is 0 Å². The Morgan fingerprint density at radius 2 is 2.33 bits per heavy atom. The summed E-state index contributed by atoms with van der Waals surface area (Å²) in [6, 6.07) is -0.110. The predicted molar refractivity (Wildman–Crippen MR) is 59.7 cm³/mol. The molecule has 1 heterocycles. The number of likely N-dealkylation sites (tertiary alicyclic amines) is 1. The maximum Gasteiger partial charge on any atom is 0.320 e. The SMILES string of the molecule is CCC(C(=O)O)N1CCC(C)CC1CN. The number of rotatable bonds is 4. The van der Waals surface area contributed by atoms with E-state index in [1.165, 1.54) is 0 Å².